The fraction of sp³-hybridized carbons (Fsp3) is 0.188. The van der Waals surface area contributed by atoms with E-state index >= 15 is 0 Å². The number of sulfonamides is 1. The minimum absolute atomic E-state index is 0.108. The molecule has 1 N–H and O–H groups in total. The highest BCUT2D eigenvalue weighted by Gasteiger charge is 2.26. The molecule has 0 saturated heterocycles. The Morgan fingerprint density at radius 3 is 2.10 bits per heavy atom. The topological polar surface area (TPSA) is 70.0 Å². The van der Waals surface area contributed by atoms with E-state index in [1.165, 1.54) is 35.4 Å². The van der Waals surface area contributed by atoms with Crippen molar-refractivity contribution >= 4 is 10.0 Å². The van der Waals surface area contributed by atoms with E-state index in [0.29, 0.717) is 18.4 Å². The highest BCUT2D eigenvalue weighted by atomic mass is 32.2. The molecule has 106 valence electrons. The molecule has 2 aromatic rings. The van der Waals surface area contributed by atoms with Crippen LogP contribution in [-0.2, 0) is 22.9 Å². The predicted molar refractivity (Wildman–Crippen MR) is 79.1 cm³/mol. The minimum atomic E-state index is -3.55. The standard InChI is InChI=1S/C16H14N2O2S/c17-11-12-5-7-16(8-6-12)21(19,20)18-15-9-13-3-1-2-4-14(13)10-15/h1-8,15,18H,9-10H2. The summed E-state index contributed by atoms with van der Waals surface area (Å²) in [6, 6.07) is 15.8. The molecule has 1 aliphatic rings. The Hall–Kier alpha value is -2.16. The van der Waals surface area contributed by atoms with Gasteiger partial charge in [-0.1, -0.05) is 24.3 Å². The quantitative estimate of drug-likeness (QED) is 0.942. The van der Waals surface area contributed by atoms with E-state index in [1.54, 1.807) is 0 Å². The number of hydrogen-bond donors (Lipinski definition) is 1. The van der Waals surface area contributed by atoms with E-state index in [9.17, 15) is 8.42 Å². The lowest BCUT2D eigenvalue weighted by Gasteiger charge is -2.12. The second-order valence-electron chi connectivity index (χ2n) is 5.13. The number of fused-ring (bicyclic) bond motifs is 1. The molecule has 0 unspecified atom stereocenters. The second-order valence-corrected chi connectivity index (χ2v) is 6.85. The Bertz CT molecular complexity index is 780. The minimum Gasteiger partial charge on any atom is -0.207 e. The third kappa shape index (κ3) is 2.82. The summed E-state index contributed by atoms with van der Waals surface area (Å²) < 4.78 is 27.4. The monoisotopic (exact) mass is 298 g/mol. The molecule has 21 heavy (non-hydrogen) atoms. The van der Waals surface area contributed by atoms with Gasteiger partial charge in [-0.25, -0.2) is 13.1 Å². The van der Waals surface area contributed by atoms with Gasteiger partial charge in [0.1, 0.15) is 0 Å². The number of nitrogens with zero attached hydrogens (tertiary/aromatic N) is 1. The highest BCUT2D eigenvalue weighted by Crippen LogP contribution is 2.23. The molecule has 0 atom stereocenters. The third-order valence-corrected chi connectivity index (χ3v) is 5.20. The van der Waals surface area contributed by atoms with E-state index in [-0.39, 0.29) is 10.9 Å². The van der Waals surface area contributed by atoms with Gasteiger partial charge >= 0.3 is 0 Å². The maximum atomic E-state index is 12.3. The maximum absolute atomic E-state index is 12.3. The summed E-state index contributed by atoms with van der Waals surface area (Å²) in [6.07, 6.45) is 1.43. The number of benzene rings is 2. The van der Waals surface area contributed by atoms with Crippen molar-refractivity contribution in [3.8, 4) is 6.07 Å². The average Bonchev–Trinajstić information content (AvgIpc) is 2.88. The molecule has 4 nitrogen and oxygen atoms in total. The van der Waals surface area contributed by atoms with Crippen molar-refractivity contribution in [2.75, 3.05) is 0 Å². The van der Waals surface area contributed by atoms with Crippen molar-refractivity contribution in [3.05, 3.63) is 65.2 Å². The molecule has 1 aliphatic carbocycles. The molecule has 3 rings (SSSR count). The van der Waals surface area contributed by atoms with Crippen molar-refractivity contribution in [1.29, 1.82) is 5.26 Å². The summed E-state index contributed by atoms with van der Waals surface area (Å²) in [5, 5.41) is 8.75. The first kappa shape index (κ1) is 13.8. The van der Waals surface area contributed by atoms with Gasteiger partial charge in [-0.3, -0.25) is 0 Å². The molecular formula is C16H14N2O2S. The summed E-state index contributed by atoms with van der Waals surface area (Å²) in [5.74, 6) is 0. The first-order valence-corrected chi connectivity index (χ1v) is 8.16. The molecule has 0 radical (unpaired) electrons. The summed E-state index contributed by atoms with van der Waals surface area (Å²) >= 11 is 0. The lowest BCUT2D eigenvalue weighted by atomic mass is 10.1. The van der Waals surface area contributed by atoms with Crippen LogP contribution in [0, 0.1) is 11.3 Å². The van der Waals surface area contributed by atoms with Gasteiger partial charge in [0, 0.05) is 6.04 Å². The second kappa shape index (κ2) is 5.32. The first-order chi connectivity index (χ1) is 10.1. The van der Waals surface area contributed by atoms with Crippen LogP contribution < -0.4 is 4.72 Å². The van der Waals surface area contributed by atoms with Crippen LogP contribution in [0.5, 0.6) is 0 Å². The van der Waals surface area contributed by atoms with Gasteiger partial charge in [0.2, 0.25) is 10.0 Å². The summed E-state index contributed by atoms with van der Waals surface area (Å²) in [5.41, 5.74) is 2.84. The van der Waals surface area contributed by atoms with Crippen LogP contribution in [0.4, 0.5) is 0 Å². The molecule has 0 fully saturated rings. The van der Waals surface area contributed by atoms with Crippen LogP contribution in [0.25, 0.3) is 0 Å². The number of hydrogen-bond acceptors (Lipinski definition) is 3. The molecule has 0 saturated carbocycles. The Kier molecular flexibility index (Phi) is 3.50. The number of nitriles is 1. The van der Waals surface area contributed by atoms with Gasteiger partial charge in [0.15, 0.2) is 0 Å². The van der Waals surface area contributed by atoms with Gasteiger partial charge in [0.05, 0.1) is 16.5 Å². The van der Waals surface area contributed by atoms with Crippen LogP contribution in [0.2, 0.25) is 0 Å². The van der Waals surface area contributed by atoms with E-state index in [0.717, 1.165) is 0 Å². The zero-order chi connectivity index (χ0) is 14.9. The summed E-state index contributed by atoms with van der Waals surface area (Å²) in [7, 11) is -3.55. The lowest BCUT2D eigenvalue weighted by Crippen LogP contribution is -2.35. The van der Waals surface area contributed by atoms with Crippen LogP contribution in [0.1, 0.15) is 16.7 Å². The van der Waals surface area contributed by atoms with Crippen LogP contribution in [-0.4, -0.2) is 14.5 Å². The van der Waals surface area contributed by atoms with E-state index in [2.05, 4.69) is 4.72 Å². The SMILES string of the molecule is N#Cc1ccc(S(=O)(=O)NC2Cc3ccccc3C2)cc1. The summed E-state index contributed by atoms with van der Waals surface area (Å²) in [6.45, 7) is 0. The van der Waals surface area contributed by atoms with E-state index < -0.39 is 10.0 Å². The van der Waals surface area contributed by atoms with Gasteiger partial charge in [0.25, 0.3) is 0 Å². The van der Waals surface area contributed by atoms with Crippen molar-refractivity contribution in [3.63, 3.8) is 0 Å². The van der Waals surface area contributed by atoms with Gasteiger partial charge in [-0.2, -0.15) is 5.26 Å². The Morgan fingerprint density at radius 2 is 1.57 bits per heavy atom. The molecule has 0 spiro atoms. The number of nitrogens with one attached hydrogen (secondary N) is 1. The van der Waals surface area contributed by atoms with Crippen LogP contribution >= 0.6 is 0 Å². The Balaban J connectivity index is 1.77. The third-order valence-electron chi connectivity index (χ3n) is 3.67. The molecular weight excluding hydrogens is 284 g/mol. The van der Waals surface area contributed by atoms with Crippen molar-refractivity contribution in [2.24, 2.45) is 0 Å². The molecule has 0 aliphatic heterocycles. The normalized spacial score (nSPS) is 14.6. The van der Waals surface area contributed by atoms with Gasteiger partial charge < -0.3 is 0 Å². The Labute approximate surface area is 124 Å². The first-order valence-electron chi connectivity index (χ1n) is 6.68. The summed E-state index contributed by atoms with van der Waals surface area (Å²) in [4.78, 5) is 0.192. The number of rotatable bonds is 3. The molecule has 5 heteroatoms. The van der Waals surface area contributed by atoms with E-state index in [4.69, 9.17) is 5.26 Å². The highest BCUT2D eigenvalue weighted by molar-refractivity contribution is 7.89. The Morgan fingerprint density at radius 1 is 1.00 bits per heavy atom. The largest absolute Gasteiger partial charge is 0.240 e. The molecule has 2 aromatic carbocycles. The van der Waals surface area contributed by atoms with Gasteiger partial charge in [-0.15, -0.1) is 0 Å². The predicted octanol–water partition coefficient (Wildman–Crippen LogP) is 2.00. The molecule has 0 amide bonds. The fourth-order valence-corrected chi connectivity index (χ4v) is 3.87. The van der Waals surface area contributed by atoms with Crippen LogP contribution in [0.3, 0.4) is 0 Å². The molecule has 0 bridgehead atoms. The molecule has 0 aromatic heterocycles. The smallest absolute Gasteiger partial charge is 0.207 e. The van der Waals surface area contributed by atoms with Crippen molar-refractivity contribution < 1.29 is 8.42 Å². The van der Waals surface area contributed by atoms with Crippen LogP contribution in [0.15, 0.2) is 53.4 Å². The maximum Gasteiger partial charge on any atom is 0.240 e. The zero-order valence-electron chi connectivity index (χ0n) is 11.3. The van der Waals surface area contributed by atoms with E-state index in [1.807, 2.05) is 30.3 Å². The zero-order valence-corrected chi connectivity index (χ0v) is 12.1. The van der Waals surface area contributed by atoms with Crippen molar-refractivity contribution in [1.82, 2.24) is 4.72 Å². The van der Waals surface area contributed by atoms with Gasteiger partial charge in [-0.05, 0) is 48.2 Å². The lowest BCUT2D eigenvalue weighted by molar-refractivity contribution is 0.555. The average molecular weight is 298 g/mol. The molecule has 0 heterocycles. The fourth-order valence-electron chi connectivity index (χ4n) is 2.64. The van der Waals surface area contributed by atoms with Crippen molar-refractivity contribution in [2.45, 2.75) is 23.8 Å².